The van der Waals surface area contributed by atoms with E-state index >= 15 is 0 Å². The van der Waals surface area contributed by atoms with Crippen molar-refractivity contribution in [1.82, 2.24) is 5.32 Å². The Kier molecular flexibility index (Phi) is 7.07. The summed E-state index contributed by atoms with van der Waals surface area (Å²) in [6, 6.07) is 5.17. The highest BCUT2D eigenvalue weighted by Gasteiger charge is 2.12. The van der Waals surface area contributed by atoms with Gasteiger partial charge in [-0.1, -0.05) is 25.5 Å². The predicted octanol–water partition coefficient (Wildman–Crippen LogP) is 2.81. The summed E-state index contributed by atoms with van der Waals surface area (Å²) in [5, 5.41) is 14.1. The van der Waals surface area contributed by atoms with Crippen molar-refractivity contribution >= 4 is 5.69 Å². The van der Waals surface area contributed by atoms with E-state index in [2.05, 4.69) is 12.2 Å². The third-order valence-electron chi connectivity index (χ3n) is 2.99. The number of hydrogen-bond donors (Lipinski definition) is 1. The van der Waals surface area contributed by atoms with Crippen molar-refractivity contribution in [2.45, 2.75) is 33.2 Å². The van der Waals surface area contributed by atoms with E-state index in [9.17, 15) is 10.1 Å². The minimum atomic E-state index is -0.341. The molecule has 5 heteroatoms. The molecule has 0 radical (unpaired) electrons. The maximum absolute atomic E-state index is 10.8. The average molecular weight is 266 g/mol. The lowest BCUT2D eigenvalue weighted by atomic mass is 10.1. The summed E-state index contributed by atoms with van der Waals surface area (Å²) in [4.78, 5) is 10.5. The number of nitro benzene ring substituents is 1. The Morgan fingerprint density at radius 1 is 1.37 bits per heavy atom. The van der Waals surface area contributed by atoms with Gasteiger partial charge in [-0.15, -0.1) is 0 Å². The quantitative estimate of drug-likeness (QED) is 0.424. The molecule has 0 aromatic heterocycles. The fourth-order valence-corrected chi connectivity index (χ4v) is 1.78. The minimum Gasteiger partial charge on any atom is -0.380 e. The average Bonchev–Trinajstić information content (AvgIpc) is 2.39. The van der Waals surface area contributed by atoms with Gasteiger partial charge in [0.2, 0.25) is 0 Å². The standard InChI is InChI=1S/C14H22N2O3/c1-3-4-9-19-10-8-15-11-13-6-5-7-14(12(13)2)16(17)18/h5-7,15H,3-4,8-11H2,1-2H3. The van der Waals surface area contributed by atoms with Crippen LogP contribution in [0.1, 0.15) is 30.9 Å². The van der Waals surface area contributed by atoms with E-state index in [0.717, 1.165) is 37.1 Å². The molecule has 0 aliphatic rings. The number of nitrogens with one attached hydrogen (secondary N) is 1. The van der Waals surface area contributed by atoms with Gasteiger partial charge in [0.05, 0.1) is 11.5 Å². The Morgan fingerprint density at radius 3 is 2.84 bits per heavy atom. The highest BCUT2D eigenvalue weighted by Crippen LogP contribution is 2.20. The van der Waals surface area contributed by atoms with Gasteiger partial charge in [-0.2, -0.15) is 0 Å². The minimum absolute atomic E-state index is 0.179. The number of benzene rings is 1. The monoisotopic (exact) mass is 266 g/mol. The van der Waals surface area contributed by atoms with Crippen LogP contribution in [0.3, 0.4) is 0 Å². The Hall–Kier alpha value is -1.46. The second kappa shape index (κ2) is 8.61. The fourth-order valence-electron chi connectivity index (χ4n) is 1.78. The highest BCUT2D eigenvalue weighted by atomic mass is 16.6. The second-order valence-electron chi connectivity index (χ2n) is 4.46. The second-order valence-corrected chi connectivity index (χ2v) is 4.46. The van der Waals surface area contributed by atoms with Gasteiger partial charge in [-0.3, -0.25) is 10.1 Å². The first-order valence-electron chi connectivity index (χ1n) is 6.68. The fraction of sp³-hybridized carbons (Fsp3) is 0.571. The number of nitrogens with zero attached hydrogens (tertiary/aromatic N) is 1. The van der Waals surface area contributed by atoms with E-state index in [1.807, 2.05) is 6.07 Å². The summed E-state index contributed by atoms with van der Waals surface area (Å²) in [6.07, 6.45) is 2.23. The van der Waals surface area contributed by atoms with Gasteiger partial charge in [-0.25, -0.2) is 0 Å². The molecule has 0 saturated carbocycles. The molecular weight excluding hydrogens is 244 g/mol. The normalized spacial score (nSPS) is 10.6. The van der Waals surface area contributed by atoms with E-state index < -0.39 is 0 Å². The van der Waals surface area contributed by atoms with Crippen molar-refractivity contribution in [3.8, 4) is 0 Å². The van der Waals surface area contributed by atoms with Crippen molar-refractivity contribution in [2.24, 2.45) is 0 Å². The van der Waals surface area contributed by atoms with Crippen LogP contribution in [0, 0.1) is 17.0 Å². The summed E-state index contributed by atoms with van der Waals surface area (Å²) in [6.45, 7) is 6.78. The molecule has 1 rings (SSSR count). The lowest BCUT2D eigenvalue weighted by Gasteiger charge is -2.08. The third kappa shape index (κ3) is 5.36. The molecule has 0 aliphatic heterocycles. The predicted molar refractivity (Wildman–Crippen MR) is 75.3 cm³/mol. The van der Waals surface area contributed by atoms with Crippen LogP contribution < -0.4 is 5.32 Å². The maximum atomic E-state index is 10.8. The number of rotatable bonds is 9. The number of hydrogen-bond acceptors (Lipinski definition) is 4. The van der Waals surface area contributed by atoms with Crippen LogP contribution in [-0.4, -0.2) is 24.7 Å². The molecule has 19 heavy (non-hydrogen) atoms. The van der Waals surface area contributed by atoms with E-state index in [0.29, 0.717) is 13.2 Å². The molecule has 0 amide bonds. The van der Waals surface area contributed by atoms with E-state index in [4.69, 9.17) is 4.74 Å². The molecule has 0 heterocycles. The van der Waals surface area contributed by atoms with Crippen LogP contribution in [0.5, 0.6) is 0 Å². The molecule has 0 fully saturated rings. The molecule has 1 N–H and O–H groups in total. The van der Waals surface area contributed by atoms with Crippen LogP contribution >= 0.6 is 0 Å². The molecule has 0 spiro atoms. The highest BCUT2D eigenvalue weighted by molar-refractivity contribution is 5.44. The summed E-state index contributed by atoms with van der Waals surface area (Å²) >= 11 is 0. The van der Waals surface area contributed by atoms with Crippen molar-refractivity contribution in [3.63, 3.8) is 0 Å². The van der Waals surface area contributed by atoms with Crippen LogP contribution in [0.4, 0.5) is 5.69 Å². The number of unbranched alkanes of at least 4 members (excludes halogenated alkanes) is 1. The third-order valence-corrected chi connectivity index (χ3v) is 2.99. The SMILES string of the molecule is CCCCOCCNCc1cccc([N+](=O)[O-])c1C. The van der Waals surface area contributed by atoms with Crippen LogP contribution in [0.2, 0.25) is 0 Å². The Bertz CT molecular complexity index is 408. The molecule has 5 nitrogen and oxygen atoms in total. The number of nitro groups is 1. The summed E-state index contributed by atoms with van der Waals surface area (Å²) in [7, 11) is 0. The first-order valence-corrected chi connectivity index (χ1v) is 6.68. The molecule has 0 atom stereocenters. The van der Waals surface area contributed by atoms with E-state index in [-0.39, 0.29) is 10.6 Å². The summed E-state index contributed by atoms with van der Waals surface area (Å²) < 4.78 is 5.43. The first kappa shape index (κ1) is 15.6. The maximum Gasteiger partial charge on any atom is 0.272 e. The summed E-state index contributed by atoms with van der Waals surface area (Å²) in [5.74, 6) is 0. The Balaban J connectivity index is 2.33. The molecule has 0 bridgehead atoms. The van der Waals surface area contributed by atoms with E-state index in [1.54, 1.807) is 13.0 Å². The topological polar surface area (TPSA) is 64.4 Å². The van der Waals surface area contributed by atoms with Gasteiger partial charge in [0.1, 0.15) is 0 Å². The molecule has 1 aromatic rings. The molecule has 0 aliphatic carbocycles. The molecular formula is C14H22N2O3. The zero-order valence-corrected chi connectivity index (χ0v) is 11.6. The zero-order valence-electron chi connectivity index (χ0n) is 11.6. The van der Waals surface area contributed by atoms with Gasteiger partial charge < -0.3 is 10.1 Å². The van der Waals surface area contributed by atoms with E-state index in [1.165, 1.54) is 6.07 Å². The zero-order chi connectivity index (χ0) is 14.1. The molecule has 106 valence electrons. The largest absolute Gasteiger partial charge is 0.380 e. The lowest BCUT2D eigenvalue weighted by Crippen LogP contribution is -2.20. The van der Waals surface area contributed by atoms with Crippen molar-refractivity contribution in [2.75, 3.05) is 19.8 Å². The van der Waals surface area contributed by atoms with Gasteiger partial charge in [0.15, 0.2) is 0 Å². The Labute approximate surface area is 114 Å². The van der Waals surface area contributed by atoms with Crippen LogP contribution in [0.15, 0.2) is 18.2 Å². The van der Waals surface area contributed by atoms with Crippen molar-refractivity contribution in [1.29, 1.82) is 0 Å². The lowest BCUT2D eigenvalue weighted by molar-refractivity contribution is -0.385. The van der Waals surface area contributed by atoms with Crippen molar-refractivity contribution < 1.29 is 9.66 Å². The van der Waals surface area contributed by atoms with Gasteiger partial charge in [0, 0.05) is 31.3 Å². The smallest absolute Gasteiger partial charge is 0.272 e. The molecule has 1 aromatic carbocycles. The van der Waals surface area contributed by atoms with Gasteiger partial charge in [-0.05, 0) is 18.9 Å². The van der Waals surface area contributed by atoms with Crippen LogP contribution in [-0.2, 0) is 11.3 Å². The van der Waals surface area contributed by atoms with Gasteiger partial charge >= 0.3 is 0 Å². The molecule has 0 unspecified atom stereocenters. The van der Waals surface area contributed by atoms with Gasteiger partial charge in [0.25, 0.3) is 5.69 Å². The number of ether oxygens (including phenoxy) is 1. The first-order chi connectivity index (χ1) is 9.16. The summed E-state index contributed by atoms with van der Waals surface area (Å²) in [5.41, 5.74) is 1.87. The Morgan fingerprint density at radius 2 is 2.16 bits per heavy atom. The van der Waals surface area contributed by atoms with Crippen LogP contribution in [0.25, 0.3) is 0 Å². The molecule has 0 saturated heterocycles. The van der Waals surface area contributed by atoms with Crippen molar-refractivity contribution in [3.05, 3.63) is 39.4 Å².